The second kappa shape index (κ2) is 6.23. The van der Waals surface area contributed by atoms with Gasteiger partial charge in [-0.15, -0.1) is 0 Å². The lowest BCUT2D eigenvalue weighted by atomic mass is 10.2. The van der Waals surface area contributed by atoms with Crippen molar-refractivity contribution in [3.05, 3.63) is 39.3 Å². The summed E-state index contributed by atoms with van der Waals surface area (Å²) < 4.78 is 1.01. The van der Waals surface area contributed by atoms with Crippen LogP contribution in [0.2, 0.25) is 5.02 Å². The van der Waals surface area contributed by atoms with Crippen molar-refractivity contribution in [3.8, 4) is 0 Å². The molecule has 0 radical (unpaired) electrons. The molecule has 0 saturated heterocycles. The molecule has 0 atom stereocenters. The summed E-state index contributed by atoms with van der Waals surface area (Å²) >= 11 is 9.32. The second-order valence-electron chi connectivity index (χ2n) is 3.00. The number of nitrogens with one attached hydrogen (secondary N) is 1. The number of benzene rings is 1. The van der Waals surface area contributed by atoms with Crippen molar-refractivity contribution in [1.82, 2.24) is 5.32 Å². The van der Waals surface area contributed by atoms with Gasteiger partial charge in [0, 0.05) is 9.50 Å². The average molecular weight is 275 g/mol. The third-order valence-electron chi connectivity index (χ3n) is 1.76. The molecular weight excluding hydrogens is 261 g/mol. The van der Waals surface area contributed by atoms with Crippen LogP contribution in [-0.2, 0) is 0 Å². The summed E-state index contributed by atoms with van der Waals surface area (Å²) in [6.07, 6.45) is 5.24. The van der Waals surface area contributed by atoms with E-state index in [-0.39, 0.29) is 0 Å². The van der Waals surface area contributed by atoms with Crippen molar-refractivity contribution in [2.45, 2.75) is 6.42 Å². The van der Waals surface area contributed by atoms with Gasteiger partial charge in [-0.1, -0.05) is 39.7 Å². The van der Waals surface area contributed by atoms with Gasteiger partial charge < -0.3 is 5.32 Å². The maximum atomic E-state index is 5.91. The predicted molar refractivity (Wildman–Crippen MR) is 66.7 cm³/mol. The molecule has 76 valence electrons. The molecule has 0 spiro atoms. The van der Waals surface area contributed by atoms with Crippen molar-refractivity contribution in [2.75, 3.05) is 13.6 Å². The Labute approximate surface area is 98.3 Å². The van der Waals surface area contributed by atoms with Gasteiger partial charge in [0.1, 0.15) is 0 Å². The van der Waals surface area contributed by atoms with Gasteiger partial charge in [0.25, 0.3) is 0 Å². The maximum Gasteiger partial charge on any atom is 0.0423 e. The highest BCUT2D eigenvalue weighted by Gasteiger charge is 1.93. The van der Waals surface area contributed by atoms with Crippen molar-refractivity contribution < 1.29 is 0 Å². The number of hydrogen-bond donors (Lipinski definition) is 1. The molecular formula is C11H13BrClN. The van der Waals surface area contributed by atoms with Crippen LogP contribution in [0.5, 0.6) is 0 Å². The van der Waals surface area contributed by atoms with Gasteiger partial charge in [-0.3, -0.25) is 0 Å². The normalized spacial score (nSPS) is 11.1. The van der Waals surface area contributed by atoms with Crippen molar-refractivity contribution >= 4 is 33.6 Å². The van der Waals surface area contributed by atoms with Gasteiger partial charge in [0.2, 0.25) is 0 Å². The summed E-state index contributed by atoms with van der Waals surface area (Å²) in [7, 11) is 1.95. The Morgan fingerprint density at radius 1 is 1.43 bits per heavy atom. The van der Waals surface area contributed by atoms with Crippen LogP contribution in [-0.4, -0.2) is 13.6 Å². The van der Waals surface area contributed by atoms with E-state index in [1.165, 1.54) is 0 Å². The molecule has 1 rings (SSSR count). The van der Waals surface area contributed by atoms with Crippen LogP contribution in [0.1, 0.15) is 12.0 Å². The van der Waals surface area contributed by atoms with E-state index in [0.29, 0.717) is 0 Å². The lowest BCUT2D eigenvalue weighted by molar-refractivity contribution is 0.809. The molecule has 0 aliphatic carbocycles. The first-order valence-corrected chi connectivity index (χ1v) is 5.66. The zero-order valence-corrected chi connectivity index (χ0v) is 10.4. The third kappa shape index (κ3) is 4.27. The topological polar surface area (TPSA) is 12.0 Å². The first-order valence-electron chi connectivity index (χ1n) is 4.49. The van der Waals surface area contributed by atoms with Crippen LogP contribution in [0.3, 0.4) is 0 Å². The minimum atomic E-state index is 0.757. The standard InChI is InChI=1S/C11H13BrClN/c1-14-5-3-2-4-9-6-10(12)8-11(13)7-9/h2,4,6-8,14H,3,5H2,1H3. The fraction of sp³-hybridized carbons (Fsp3) is 0.273. The molecule has 0 aliphatic heterocycles. The van der Waals surface area contributed by atoms with Crippen LogP contribution in [0.15, 0.2) is 28.7 Å². The van der Waals surface area contributed by atoms with E-state index < -0.39 is 0 Å². The monoisotopic (exact) mass is 273 g/mol. The van der Waals surface area contributed by atoms with E-state index in [9.17, 15) is 0 Å². The van der Waals surface area contributed by atoms with Crippen LogP contribution in [0.25, 0.3) is 6.08 Å². The van der Waals surface area contributed by atoms with E-state index in [2.05, 4.69) is 33.4 Å². The van der Waals surface area contributed by atoms with E-state index in [1.807, 2.05) is 25.2 Å². The minimum Gasteiger partial charge on any atom is -0.319 e. The van der Waals surface area contributed by atoms with Gasteiger partial charge >= 0.3 is 0 Å². The molecule has 0 bridgehead atoms. The first-order chi connectivity index (χ1) is 6.72. The molecule has 0 aromatic heterocycles. The van der Waals surface area contributed by atoms with E-state index in [0.717, 1.165) is 28.0 Å². The van der Waals surface area contributed by atoms with Crippen LogP contribution >= 0.6 is 27.5 Å². The van der Waals surface area contributed by atoms with E-state index >= 15 is 0 Å². The lowest BCUT2D eigenvalue weighted by Crippen LogP contribution is -2.05. The SMILES string of the molecule is CNCCC=Cc1cc(Cl)cc(Br)c1. The zero-order valence-electron chi connectivity index (χ0n) is 8.06. The van der Waals surface area contributed by atoms with Gasteiger partial charge in [-0.2, -0.15) is 0 Å². The average Bonchev–Trinajstić information content (AvgIpc) is 2.11. The van der Waals surface area contributed by atoms with Gasteiger partial charge in [-0.25, -0.2) is 0 Å². The summed E-state index contributed by atoms with van der Waals surface area (Å²) in [4.78, 5) is 0. The fourth-order valence-corrected chi connectivity index (χ4v) is 2.00. The smallest absolute Gasteiger partial charge is 0.0423 e. The molecule has 0 fully saturated rings. The second-order valence-corrected chi connectivity index (χ2v) is 4.35. The summed E-state index contributed by atoms with van der Waals surface area (Å²) in [5.74, 6) is 0. The summed E-state index contributed by atoms with van der Waals surface area (Å²) in [6.45, 7) is 0.998. The fourth-order valence-electron chi connectivity index (χ4n) is 1.12. The first kappa shape index (κ1) is 11.8. The van der Waals surface area contributed by atoms with E-state index in [1.54, 1.807) is 0 Å². The molecule has 0 aliphatic rings. The lowest BCUT2D eigenvalue weighted by Gasteiger charge is -1.97. The predicted octanol–water partition coefficient (Wildman–Crippen LogP) is 3.73. The molecule has 0 unspecified atom stereocenters. The van der Waals surface area contributed by atoms with E-state index in [4.69, 9.17) is 11.6 Å². The van der Waals surface area contributed by atoms with Gasteiger partial charge in [0.15, 0.2) is 0 Å². The van der Waals surface area contributed by atoms with Gasteiger partial charge in [-0.05, 0) is 43.8 Å². The summed E-state index contributed by atoms with van der Waals surface area (Å²) in [5, 5.41) is 3.85. The number of hydrogen-bond acceptors (Lipinski definition) is 1. The van der Waals surface area contributed by atoms with Crippen LogP contribution in [0.4, 0.5) is 0 Å². The zero-order chi connectivity index (χ0) is 10.4. The van der Waals surface area contributed by atoms with Crippen molar-refractivity contribution in [3.63, 3.8) is 0 Å². The molecule has 0 heterocycles. The Kier molecular flexibility index (Phi) is 5.23. The molecule has 1 aromatic rings. The van der Waals surface area contributed by atoms with Gasteiger partial charge in [0.05, 0.1) is 0 Å². The number of halogens is 2. The summed E-state index contributed by atoms with van der Waals surface area (Å²) in [5.41, 5.74) is 1.13. The highest BCUT2D eigenvalue weighted by Crippen LogP contribution is 2.20. The molecule has 14 heavy (non-hydrogen) atoms. The molecule has 1 aromatic carbocycles. The third-order valence-corrected chi connectivity index (χ3v) is 2.43. The largest absolute Gasteiger partial charge is 0.319 e. The molecule has 3 heteroatoms. The Hall–Kier alpha value is -0.310. The maximum absolute atomic E-state index is 5.91. The van der Waals surface area contributed by atoms with Crippen LogP contribution in [0, 0.1) is 0 Å². The minimum absolute atomic E-state index is 0.757. The molecule has 0 amide bonds. The van der Waals surface area contributed by atoms with Crippen molar-refractivity contribution in [1.29, 1.82) is 0 Å². The Morgan fingerprint density at radius 2 is 2.21 bits per heavy atom. The number of rotatable bonds is 4. The van der Waals surface area contributed by atoms with Crippen molar-refractivity contribution in [2.24, 2.45) is 0 Å². The molecule has 1 N–H and O–H groups in total. The Bertz CT molecular complexity index is 303. The summed E-state index contributed by atoms with van der Waals surface area (Å²) in [6, 6.07) is 5.87. The highest BCUT2D eigenvalue weighted by atomic mass is 79.9. The highest BCUT2D eigenvalue weighted by molar-refractivity contribution is 9.10. The quantitative estimate of drug-likeness (QED) is 0.825. The Morgan fingerprint density at radius 3 is 2.86 bits per heavy atom. The molecule has 1 nitrogen and oxygen atoms in total. The Balaban J connectivity index is 2.62. The molecule has 0 saturated carbocycles. The van der Waals surface area contributed by atoms with Crippen LogP contribution < -0.4 is 5.32 Å².